The van der Waals surface area contributed by atoms with Gasteiger partial charge in [0.05, 0.1) is 11.1 Å². The number of nitrogens with one attached hydrogen (secondary N) is 1. The predicted molar refractivity (Wildman–Crippen MR) is 129 cm³/mol. The molecule has 0 aliphatic heterocycles. The average molecular weight is 484 g/mol. The molecule has 0 aromatic heterocycles. The van der Waals surface area contributed by atoms with E-state index in [-0.39, 0.29) is 0 Å². The Morgan fingerprint density at radius 2 is 1.68 bits per heavy atom. The van der Waals surface area contributed by atoms with E-state index in [2.05, 4.69) is 64.6 Å². The van der Waals surface area contributed by atoms with Crippen molar-refractivity contribution in [3.63, 3.8) is 0 Å². The highest BCUT2D eigenvalue weighted by atomic mass is 79.9. The molecule has 31 heavy (non-hydrogen) atoms. The van der Waals surface area contributed by atoms with Crippen molar-refractivity contribution >= 4 is 15.9 Å². The van der Waals surface area contributed by atoms with E-state index in [9.17, 15) is 0 Å². The van der Waals surface area contributed by atoms with Crippen LogP contribution in [-0.2, 0) is 13.2 Å². The Kier molecular flexibility index (Phi) is 6.04. The first-order valence-electron chi connectivity index (χ1n) is 11.9. The van der Waals surface area contributed by atoms with Crippen LogP contribution >= 0.6 is 15.9 Å². The van der Waals surface area contributed by atoms with E-state index in [0.717, 1.165) is 40.3 Å². The van der Waals surface area contributed by atoms with E-state index in [1.807, 2.05) is 6.92 Å². The monoisotopic (exact) mass is 483 g/mol. The van der Waals surface area contributed by atoms with Gasteiger partial charge in [-0.25, -0.2) is 0 Å². The lowest BCUT2D eigenvalue weighted by molar-refractivity contribution is -0.0206. The van der Waals surface area contributed by atoms with Crippen LogP contribution < -0.4 is 14.8 Å². The van der Waals surface area contributed by atoms with Crippen LogP contribution in [0.4, 0.5) is 0 Å². The molecule has 4 aliphatic carbocycles. The number of aryl methyl sites for hydroxylation is 1. The molecule has 166 valence electrons. The molecule has 4 fully saturated rings. The van der Waals surface area contributed by atoms with Crippen LogP contribution in [0, 0.1) is 24.7 Å². The van der Waals surface area contributed by atoms with E-state index in [0.29, 0.717) is 18.8 Å². The van der Waals surface area contributed by atoms with Gasteiger partial charge in [-0.15, -0.1) is 0 Å². The van der Waals surface area contributed by atoms with Crippen LogP contribution in [0.2, 0.25) is 0 Å². The molecule has 0 unspecified atom stereocenters. The van der Waals surface area contributed by atoms with E-state index in [4.69, 9.17) is 9.47 Å². The Morgan fingerprint density at radius 1 is 0.968 bits per heavy atom. The summed E-state index contributed by atoms with van der Waals surface area (Å²) in [5.41, 5.74) is 4.04. The van der Waals surface area contributed by atoms with Crippen molar-refractivity contribution in [2.45, 2.75) is 71.1 Å². The van der Waals surface area contributed by atoms with Gasteiger partial charge in [0, 0.05) is 12.1 Å². The van der Waals surface area contributed by atoms with Gasteiger partial charge in [0.15, 0.2) is 11.5 Å². The van der Waals surface area contributed by atoms with Crippen molar-refractivity contribution in [2.75, 3.05) is 6.61 Å². The number of halogens is 1. The summed E-state index contributed by atoms with van der Waals surface area (Å²) in [6.45, 7) is 6.18. The van der Waals surface area contributed by atoms with Crippen LogP contribution in [0.25, 0.3) is 0 Å². The van der Waals surface area contributed by atoms with Crippen LogP contribution in [0.1, 0.15) is 62.1 Å². The zero-order valence-corrected chi connectivity index (χ0v) is 20.3. The van der Waals surface area contributed by atoms with Crippen LogP contribution in [0.5, 0.6) is 11.5 Å². The highest BCUT2D eigenvalue weighted by Gasteiger charge is 2.50. The second-order valence-corrected chi connectivity index (χ2v) is 11.0. The predicted octanol–water partition coefficient (Wildman–Crippen LogP) is 6.79. The number of hydrogen-bond donors (Lipinski definition) is 1. The standard InChI is InChI=1S/C27H34BrNO2/c1-3-30-25-12-23(11-24(28)26(25)31-17-19-6-4-5-18(2)7-19)16-29-27-13-20-8-21(14-27)10-22(9-20)15-27/h4-7,11-12,20-22,29H,3,8-10,13-17H2,1-2H3. The minimum atomic E-state index is 0.368. The molecule has 4 bridgehead atoms. The molecular formula is C27H34BrNO2. The zero-order valence-electron chi connectivity index (χ0n) is 18.8. The number of rotatable bonds is 8. The first kappa shape index (κ1) is 21.3. The van der Waals surface area contributed by atoms with Gasteiger partial charge in [-0.2, -0.15) is 0 Å². The van der Waals surface area contributed by atoms with E-state index in [1.165, 1.54) is 55.2 Å². The first-order valence-corrected chi connectivity index (χ1v) is 12.7. The highest BCUT2D eigenvalue weighted by molar-refractivity contribution is 9.10. The van der Waals surface area contributed by atoms with Gasteiger partial charge in [0.2, 0.25) is 0 Å². The molecule has 0 amide bonds. The molecule has 0 radical (unpaired) electrons. The van der Waals surface area contributed by atoms with Crippen molar-refractivity contribution in [3.05, 3.63) is 57.6 Å². The lowest BCUT2D eigenvalue weighted by Gasteiger charge is -2.57. The van der Waals surface area contributed by atoms with Gasteiger partial charge < -0.3 is 14.8 Å². The fraction of sp³-hybridized carbons (Fsp3) is 0.556. The Labute approximate surface area is 195 Å². The highest BCUT2D eigenvalue weighted by Crippen LogP contribution is 2.55. The lowest BCUT2D eigenvalue weighted by Crippen LogP contribution is -2.58. The fourth-order valence-corrected chi connectivity index (χ4v) is 7.30. The van der Waals surface area contributed by atoms with Gasteiger partial charge >= 0.3 is 0 Å². The summed E-state index contributed by atoms with van der Waals surface area (Å²) in [4.78, 5) is 0. The van der Waals surface area contributed by atoms with E-state index >= 15 is 0 Å². The van der Waals surface area contributed by atoms with Gasteiger partial charge in [-0.1, -0.05) is 29.8 Å². The Balaban J connectivity index is 1.29. The molecule has 2 aromatic rings. The Hall–Kier alpha value is -1.52. The molecule has 0 atom stereocenters. The van der Waals surface area contributed by atoms with Crippen molar-refractivity contribution < 1.29 is 9.47 Å². The topological polar surface area (TPSA) is 30.5 Å². The smallest absolute Gasteiger partial charge is 0.175 e. The molecule has 6 rings (SSSR count). The maximum atomic E-state index is 6.20. The molecular weight excluding hydrogens is 450 g/mol. The largest absolute Gasteiger partial charge is 0.490 e. The van der Waals surface area contributed by atoms with Crippen LogP contribution in [-0.4, -0.2) is 12.1 Å². The number of ether oxygens (including phenoxy) is 2. The molecule has 3 nitrogen and oxygen atoms in total. The number of benzene rings is 2. The van der Waals surface area contributed by atoms with Gasteiger partial charge in [-0.3, -0.25) is 0 Å². The second-order valence-electron chi connectivity index (χ2n) is 10.2. The van der Waals surface area contributed by atoms with Crippen molar-refractivity contribution in [2.24, 2.45) is 17.8 Å². The second kappa shape index (κ2) is 8.78. The first-order chi connectivity index (χ1) is 15.0. The van der Waals surface area contributed by atoms with E-state index in [1.54, 1.807) is 0 Å². The molecule has 4 aliphatic rings. The summed E-state index contributed by atoms with van der Waals surface area (Å²) in [6, 6.07) is 12.8. The summed E-state index contributed by atoms with van der Waals surface area (Å²) in [5, 5.41) is 4.01. The molecule has 0 saturated heterocycles. The average Bonchev–Trinajstić information content (AvgIpc) is 2.71. The fourth-order valence-electron chi connectivity index (χ4n) is 6.70. The molecule has 0 spiro atoms. The molecule has 1 N–H and O–H groups in total. The minimum Gasteiger partial charge on any atom is -0.490 e. The van der Waals surface area contributed by atoms with Gasteiger partial charge in [-0.05, 0) is 109 Å². The molecule has 0 heterocycles. The molecule has 4 saturated carbocycles. The quantitative estimate of drug-likeness (QED) is 0.447. The van der Waals surface area contributed by atoms with Gasteiger partial charge in [0.25, 0.3) is 0 Å². The third-order valence-electron chi connectivity index (χ3n) is 7.54. The minimum absolute atomic E-state index is 0.368. The zero-order chi connectivity index (χ0) is 21.4. The maximum absolute atomic E-state index is 6.20. The summed E-state index contributed by atoms with van der Waals surface area (Å²) in [7, 11) is 0. The SMILES string of the molecule is CCOc1cc(CNC23CC4CC(CC(C4)C2)C3)cc(Br)c1OCc1cccc(C)c1. The van der Waals surface area contributed by atoms with Crippen molar-refractivity contribution in [1.29, 1.82) is 0 Å². The molecule has 4 heteroatoms. The molecule has 2 aromatic carbocycles. The number of hydrogen-bond acceptors (Lipinski definition) is 3. The van der Waals surface area contributed by atoms with Crippen LogP contribution in [0.15, 0.2) is 40.9 Å². The maximum Gasteiger partial charge on any atom is 0.175 e. The summed E-state index contributed by atoms with van der Waals surface area (Å²) in [6.07, 6.45) is 8.55. The Bertz CT molecular complexity index is 906. The lowest BCUT2D eigenvalue weighted by atomic mass is 9.53. The third-order valence-corrected chi connectivity index (χ3v) is 8.13. The van der Waals surface area contributed by atoms with E-state index < -0.39 is 0 Å². The summed E-state index contributed by atoms with van der Waals surface area (Å²) < 4.78 is 13.2. The third kappa shape index (κ3) is 4.66. The normalized spacial score (nSPS) is 28.7. The summed E-state index contributed by atoms with van der Waals surface area (Å²) in [5.74, 6) is 4.50. The van der Waals surface area contributed by atoms with Crippen molar-refractivity contribution in [3.8, 4) is 11.5 Å². The summed E-state index contributed by atoms with van der Waals surface area (Å²) >= 11 is 3.76. The van der Waals surface area contributed by atoms with Crippen molar-refractivity contribution in [1.82, 2.24) is 5.32 Å². The van der Waals surface area contributed by atoms with Crippen LogP contribution in [0.3, 0.4) is 0 Å². The Morgan fingerprint density at radius 3 is 2.32 bits per heavy atom. The van der Waals surface area contributed by atoms with Gasteiger partial charge in [0.1, 0.15) is 6.61 Å².